The fourth-order valence-corrected chi connectivity index (χ4v) is 10.0. The third-order valence-corrected chi connectivity index (χ3v) is 14.5. The van der Waals surface area contributed by atoms with E-state index in [2.05, 4.69) is 20.9 Å². The average Bonchev–Trinajstić information content (AvgIpc) is 4.24. The number of likely N-dealkylation sites (tertiary alicyclic amines) is 2. The molecule has 5 aromatic rings. The van der Waals surface area contributed by atoms with E-state index in [1.165, 1.54) is 84.8 Å². The Morgan fingerprint density at radius 2 is 1.16 bits per heavy atom. The lowest BCUT2D eigenvalue weighted by molar-refractivity contribution is -0.150. The minimum absolute atomic E-state index is 0. The summed E-state index contributed by atoms with van der Waals surface area (Å²) in [5, 5.41) is 16.7. The first kappa shape index (κ1) is 62.9. The summed E-state index contributed by atoms with van der Waals surface area (Å²) in [6.45, 7) is 3.16. The molecule has 2 fully saturated rings. The number of alkyl carbamates (subject to hydrolysis) is 1. The van der Waals surface area contributed by atoms with E-state index in [0.717, 1.165) is 18.9 Å². The number of rotatable bonds is 12. The van der Waals surface area contributed by atoms with Crippen molar-refractivity contribution >= 4 is 88.8 Å². The summed E-state index contributed by atoms with van der Waals surface area (Å²) in [4.78, 5) is 90.3. The number of imidazole rings is 1. The fourth-order valence-electron chi connectivity index (χ4n) is 9.64. The van der Waals surface area contributed by atoms with Crippen molar-refractivity contribution in [3.05, 3.63) is 146 Å². The number of halogens is 7. The Balaban J connectivity index is 0.000000204. The summed E-state index contributed by atoms with van der Waals surface area (Å²) in [5.41, 5.74) is 8.96. The first-order valence-corrected chi connectivity index (χ1v) is 26.3. The van der Waals surface area contributed by atoms with Gasteiger partial charge in [0.2, 0.25) is 5.91 Å². The van der Waals surface area contributed by atoms with E-state index < -0.39 is 60.1 Å². The van der Waals surface area contributed by atoms with Crippen LogP contribution in [0.25, 0.3) is 0 Å². The molecule has 4 aromatic carbocycles. The number of fused-ring (bicyclic) bond motifs is 2. The van der Waals surface area contributed by atoms with Gasteiger partial charge in [0.1, 0.15) is 36.2 Å². The number of aliphatic hydroxyl groups excluding tert-OH is 1. The summed E-state index contributed by atoms with van der Waals surface area (Å²) in [7, 11) is 0. The molecular weight excluding hydrogens is 1130 g/mol. The highest BCUT2D eigenvalue weighted by molar-refractivity contribution is 6.31. The number of aromatic nitrogens is 2. The Labute approximate surface area is 479 Å². The van der Waals surface area contributed by atoms with Gasteiger partial charge in [-0.2, -0.15) is 0 Å². The summed E-state index contributed by atoms with van der Waals surface area (Å²) in [5.74, 6) is -3.64. The highest BCUT2D eigenvalue weighted by Crippen LogP contribution is 2.37. The number of aliphatic hydroxyl groups is 1. The fraction of sp³-hybridized carbons (Fsp3) is 0.382. The van der Waals surface area contributed by atoms with Crippen LogP contribution in [-0.4, -0.2) is 119 Å². The van der Waals surface area contributed by atoms with Crippen LogP contribution in [-0.2, 0) is 41.4 Å². The van der Waals surface area contributed by atoms with Crippen LogP contribution in [0, 0.1) is 35.1 Å². The molecular formula is C55H59Cl3F4N8O11. The zero-order valence-corrected chi connectivity index (χ0v) is 46.0. The van der Waals surface area contributed by atoms with E-state index >= 15 is 0 Å². The number of nitrogens with two attached hydrogens (primary N) is 1. The van der Waals surface area contributed by atoms with E-state index in [0.29, 0.717) is 105 Å². The number of ether oxygens (including phenoxy) is 3. The third kappa shape index (κ3) is 16.9. The van der Waals surface area contributed by atoms with Gasteiger partial charge in [-0.05, 0) is 135 Å². The molecule has 1 aromatic heterocycles. The van der Waals surface area contributed by atoms with Gasteiger partial charge in [0, 0.05) is 85.2 Å². The van der Waals surface area contributed by atoms with Gasteiger partial charge in [-0.25, -0.2) is 36.7 Å². The van der Waals surface area contributed by atoms with E-state index in [4.69, 9.17) is 48.3 Å². The highest BCUT2D eigenvalue weighted by Gasteiger charge is 2.33. The number of benzene rings is 4. The predicted octanol–water partition coefficient (Wildman–Crippen LogP) is 8.72. The number of piperidine rings is 2. The molecule has 434 valence electrons. The quantitative estimate of drug-likeness (QED) is 0.0446. The molecule has 19 nitrogen and oxygen atoms in total. The van der Waals surface area contributed by atoms with Crippen molar-refractivity contribution < 1.29 is 70.4 Å². The summed E-state index contributed by atoms with van der Waals surface area (Å²) >= 11 is 11.5. The van der Waals surface area contributed by atoms with Gasteiger partial charge in [-0.15, -0.1) is 12.4 Å². The standard InChI is InChI=1S/C25H26ClF2N3O5.C16H13ClF2N2O.C14H19N3O5.ClH/c26-18-11-15(1-4-19(18)27)29-24(34)17-2-5-20(28)23-16(17)3-6-21(23)30-25(35)36-13-14-7-9-31(10-8-14)22(33)12-32;17-11-7-8(1-4-12(11)18)21-16(22)10-2-5-13(19)15-9(10)3-6-14(15)20;1-11(18)21-9-13(19)16-5-2-12(3-6-16)8-22-14(20)17-7-4-15-10-17;/h1-2,4-5,11,14,21,32H,3,6-10,12-13H2,(H,29,34)(H,30,35);1-2,4-5,7,14H,3,6,20H2,(H,21,22);4,7,10,12H,2-3,5-6,8-9H2,1H3;1H/t21-;14-;;/m00../s1. The van der Waals surface area contributed by atoms with Crippen LogP contribution in [0.15, 0.2) is 79.4 Å². The van der Waals surface area contributed by atoms with Crippen molar-refractivity contribution in [3.8, 4) is 0 Å². The molecule has 3 heterocycles. The SMILES string of the molecule is CC(=O)OCC(=O)N1CCC(COC(=O)n2ccnc2)CC1.Cl.N[C@H]1CCc2c(C(=O)Nc3ccc(F)c(Cl)c3)ccc(F)c21.O=C(N[C@H]1CCc2c(C(=O)Nc3ccc(F)c(Cl)c3)ccc(F)c21)OCC1CCN(C(=O)CO)CC1. The van der Waals surface area contributed by atoms with E-state index in [-0.39, 0.29) is 82.3 Å². The van der Waals surface area contributed by atoms with Crippen LogP contribution in [0.3, 0.4) is 0 Å². The number of anilines is 2. The Morgan fingerprint density at radius 3 is 1.67 bits per heavy atom. The third-order valence-electron chi connectivity index (χ3n) is 13.9. The van der Waals surface area contributed by atoms with E-state index in [9.17, 15) is 51.1 Å². The lowest BCUT2D eigenvalue weighted by atomic mass is 9.98. The van der Waals surface area contributed by atoms with E-state index in [1.54, 1.807) is 9.80 Å². The molecule has 2 saturated heterocycles. The van der Waals surface area contributed by atoms with Crippen LogP contribution >= 0.6 is 35.6 Å². The van der Waals surface area contributed by atoms with Crippen molar-refractivity contribution in [2.75, 3.05) is 63.2 Å². The zero-order valence-electron chi connectivity index (χ0n) is 43.7. The largest absolute Gasteiger partial charge is 0.456 e. The van der Waals surface area contributed by atoms with Crippen LogP contribution in [0.4, 0.5) is 38.5 Å². The summed E-state index contributed by atoms with van der Waals surface area (Å²) < 4.78 is 71.6. The van der Waals surface area contributed by atoms with Gasteiger partial charge in [0.25, 0.3) is 17.7 Å². The summed E-state index contributed by atoms with van der Waals surface area (Å²) in [6, 6.07) is 11.9. The average molecular weight is 1190 g/mol. The molecule has 0 radical (unpaired) electrons. The van der Waals surface area contributed by atoms with Gasteiger partial charge in [0.15, 0.2) is 6.61 Å². The summed E-state index contributed by atoms with van der Waals surface area (Å²) in [6.07, 6.45) is 8.04. The van der Waals surface area contributed by atoms with Crippen LogP contribution in [0.5, 0.6) is 0 Å². The maximum Gasteiger partial charge on any atom is 0.419 e. The van der Waals surface area contributed by atoms with Crippen LogP contribution < -0.4 is 21.7 Å². The first-order valence-electron chi connectivity index (χ1n) is 25.6. The molecule has 4 aliphatic rings. The monoisotopic (exact) mass is 1190 g/mol. The van der Waals surface area contributed by atoms with E-state index in [1.807, 2.05) is 0 Å². The van der Waals surface area contributed by atoms with Crippen molar-refractivity contribution in [1.29, 1.82) is 0 Å². The number of nitrogens with one attached hydrogen (secondary N) is 3. The minimum Gasteiger partial charge on any atom is -0.456 e. The molecule has 2 atom stereocenters. The smallest absolute Gasteiger partial charge is 0.419 e. The van der Waals surface area contributed by atoms with Crippen molar-refractivity contribution in [2.45, 2.75) is 70.4 Å². The van der Waals surface area contributed by atoms with Crippen molar-refractivity contribution in [1.82, 2.24) is 24.7 Å². The Morgan fingerprint density at radius 1 is 0.667 bits per heavy atom. The highest BCUT2D eigenvalue weighted by atomic mass is 35.5. The topological polar surface area (TPSA) is 254 Å². The van der Waals surface area contributed by atoms with Crippen molar-refractivity contribution in [2.24, 2.45) is 17.6 Å². The Kier molecular flexibility index (Phi) is 22.8. The number of amides is 5. The molecule has 0 saturated carbocycles. The number of nitrogens with zero attached hydrogens (tertiary/aromatic N) is 4. The van der Waals surface area contributed by atoms with Crippen LogP contribution in [0.1, 0.15) is 101 Å². The van der Waals surface area contributed by atoms with Gasteiger partial charge in [0.05, 0.1) is 29.3 Å². The second kappa shape index (κ2) is 29.4. The molecule has 2 aliphatic carbocycles. The second-order valence-electron chi connectivity index (χ2n) is 19.3. The Bertz CT molecular complexity index is 3090. The number of carbonyl (C=O) groups excluding carboxylic acids is 7. The minimum atomic E-state index is -0.683. The molecule has 26 heteroatoms. The number of carbonyl (C=O) groups is 7. The maximum atomic E-state index is 14.7. The molecule has 2 aliphatic heterocycles. The lowest BCUT2D eigenvalue weighted by Gasteiger charge is -2.31. The predicted molar refractivity (Wildman–Crippen MR) is 291 cm³/mol. The molecule has 0 unspecified atom stereocenters. The van der Waals surface area contributed by atoms with Gasteiger partial charge in [-0.3, -0.25) is 24.0 Å². The second-order valence-corrected chi connectivity index (χ2v) is 20.1. The van der Waals surface area contributed by atoms with Gasteiger partial charge >= 0.3 is 18.2 Å². The Hall–Kier alpha value is -7.31. The number of hydrogen-bond acceptors (Lipinski definition) is 13. The number of esters is 1. The molecule has 0 bridgehead atoms. The lowest BCUT2D eigenvalue weighted by Crippen LogP contribution is -2.41. The first-order chi connectivity index (χ1) is 38.3. The molecule has 0 spiro atoms. The van der Waals surface area contributed by atoms with Gasteiger partial charge < -0.3 is 50.8 Å². The molecule has 5 amide bonds. The zero-order chi connectivity index (χ0) is 57.6. The maximum absolute atomic E-state index is 14.7. The molecule has 6 N–H and O–H groups in total. The van der Waals surface area contributed by atoms with Crippen LogP contribution in [0.2, 0.25) is 10.0 Å². The molecule has 9 rings (SSSR count). The number of hydrogen-bond donors (Lipinski definition) is 5. The van der Waals surface area contributed by atoms with Crippen molar-refractivity contribution in [3.63, 3.8) is 0 Å². The van der Waals surface area contributed by atoms with Gasteiger partial charge in [-0.1, -0.05) is 23.2 Å². The normalized spacial score (nSPS) is 16.4. The molecule has 81 heavy (non-hydrogen) atoms.